The number of unbranched alkanes of at least 4 members (excludes halogenated alkanes) is 1. The van der Waals surface area contributed by atoms with Gasteiger partial charge in [0, 0.05) is 12.6 Å². The molecule has 0 radical (unpaired) electrons. The molecule has 0 aromatic heterocycles. The molecule has 1 aliphatic carbocycles. The molecule has 0 aliphatic heterocycles. The number of hydrogen-bond donors (Lipinski definition) is 2. The Hall–Kier alpha value is -0.310. The lowest BCUT2D eigenvalue weighted by Gasteiger charge is -2.30. The van der Waals surface area contributed by atoms with Gasteiger partial charge in [-0.1, -0.05) is 39.5 Å². The topological polar surface area (TPSA) is 24.1 Å². The molecule has 0 amide bonds. The summed E-state index contributed by atoms with van der Waals surface area (Å²) in [5.41, 5.74) is 0. The summed E-state index contributed by atoms with van der Waals surface area (Å²) in [4.78, 5) is 0. The third kappa shape index (κ3) is 5.15. The first-order valence-electron chi connectivity index (χ1n) is 6.80. The lowest BCUT2D eigenvalue weighted by Crippen LogP contribution is -2.44. The first-order chi connectivity index (χ1) is 7.76. The number of nitrogens with one attached hydrogen (secondary N) is 2. The van der Waals surface area contributed by atoms with Gasteiger partial charge in [0.15, 0.2) is 5.11 Å². The van der Waals surface area contributed by atoms with Crippen LogP contribution in [0.3, 0.4) is 0 Å². The van der Waals surface area contributed by atoms with E-state index in [2.05, 4.69) is 24.5 Å². The smallest absolute Gasteiger partial charge is 0.166 e. The highest BCUT2D eigenvalue weighted by molar-refractivity contribution is 7.80. The second-order valence-electron chi connectivity index (χ2n) is 4.89. The highest BCUT2D eigenvalue weighted by atomic mass is 32.1. The van der Waals surface area contributed by atoms with Crippen LogP contribution in [-0.4, -0.2) is 17.7 Å². The van der Waals surface area contributed by atoms with Crippen molar-refractivity contribution in [2.75, 3.05) is 6.54 Å². The van der Waals surface area contributed by atoms with E-state index in [1.807, 2.05) is 0 Å². The van der Waals surface area contributed by atoms with Gasteiger partial charge in [-0.2, -0.15) is 0 Å². The lowest BCUT2D eigenvalue weighted by molar-refractivity contribution is 0.299. The first-order valence-corrected chi connectivity index (χ1v) is 7.21. The van der Waals surface area contributed by atoms with Gasteiger partial charge in [-0.25, -0.2) is 0 Å². The fourth-order valence-electron chi connectivity index (χ4n) is 2.41. The van der Waals surface area contributed by atoms with Gasteiger partial charge < -0.3 is 10.6 Å². The van der Waals surface area contributed by atoms with E-state index in [0.29, 0.717) is 6.04 Å². The van der Waals surface area contributed by atoms with E-state index in [1.54, 1.807) is 0 Å². The summed E-state index contributed by atoms with van der Waals surface area (Å²) in [6.45, 7) is 5.50. The minimum Gasteiger partial charge on any atom is -0.363 e. The molecule has 3 heteroatoms. The quantitative estimate of drug-likeness (QED) is 0.572. The summed E-state index contributed by atoms with van der Waals surface area (Å²) in [7, 11) is 0. The number of rotatable bonds is 5. The van der Waals surface area contributed by atoms with Crippen LogP contribution in [0.2, 0.25) is 0 Å². The zero-order chi connectivity index (χ0) is 11.8. The minimum atomic E-state index is 0.611. The van der Waals surface area contributed by atoms with Gasteiger partial charge in [0.25, 0.3) is 0 Å². The average Bonchev–Trinajstić information content (AvgIpc) is 2.29. The van der Waals surface area contributed by atoms with Crippen molar-refractivity contribution >= 4 is 17.3 Å². The molecule has 1 fully saturated rings. The Bertz CT molecular complexity index is 206. The molecule has 0 heterocycles. The number of hydrogen-bond acceptors (Lipinski definition) is 1. The summed E-state index contributed by atoms with van der Waals surface area (Å²) in [6, 6.07) is 0.611. The fourth-order valence-corrected chi connectivity index (χ4v) is 2.68. The van der Waals surface area contributed by atoms with Gasteiger partial charge >= 0.3 is 0 Å². The molecule has 1 rings (SSSR count). The van der Waals surface area contributed by atoms with Crippen LogP contribution in [-0.2, 0) is 0 Å². The molecule has 2 unspecified atom stereocenters. The van der Waals surface area contributed by atoms with Crippen molar-refractivity contribution in [1.82, 2.24) is 10.6 Å². The highest BCUT2D eigenvalue weighted by Gasteiger charge is 2.20. The summed E-state index contributed by atoms with van der Waals surface area (Å²) in [5, 5.41) is 7.60. The van der Waals surface area contributed by atoms with Crippen molar-refractivity contribution in [3.63, 3.8) is 0 Å². The predicted molar refractivity (Wildman–Crippen MR) is 74.7 cm³/mol. The van der Waals surface area contributed by atoms with E-state index in [4.69, 9.17) is 12.2 Å². The molecule has 1 aliphatic rings. The summed E-state index contributed by atoms with van der Waals surface area (Å²) in [6.07, 6.45) is 9.08. The third-order valence-electron chi connectivity index (χ3n) is 3.51. The first kappa shape index (κ1) is 13.8. The summed E-state index contributed by atoms with van der Waals surface area (Å²) >= 11 is 5.30. The Morgan fingerprint density at radius 2 is 2.12 bits per heavy atom. The summed E-state index contributed by atoms with van der Waals surface area (Å²) in [5.74, 6) is 0.907. The Morgan fingerprint density at radius 1 is 1.31 bits per heavy atom. The fraction of sp³-hybridized carbons (Fsp3) is 0.923. The van der Waals surface area contributed by atoms with Crippen LogP contribution < -0.4 is 10.6 Å². The predicted octanol–water partition coefficient (Wildman–Crippen LogP) is 3.22. The maximum absolute atomic E-state index is 5.30. The van der Waals surface area contributed by atoms with Crippen LogP contribution in [0.5, 0.6) is 0 Å². The van der Waals surface area contributed by atoms with E-state index in [9.17, 15) is 0 Å². The van der Waals surface area contributed by atoms with Crippen molar-refractivity contribution in [2.24, 2.45) is 5.92 Å². The van der Waals surface area contributed by atoms with Crippen molar-refractivity contribution in [2.45, 2.75) is 64.8 Å². The van der Waals surface area contributed by atoms with Gasteiger partial charge in [-0.15, -0.1) is 0 Å². The third-order valence-corrected chi connectivity index (χ3v) is 3.77. The molecule has 16 heavy (non-hydrogen) atoms. The maximum atomic E-state index is 5.30. The Morgan fingerprint density at radius 3 is 2.81 bits per heavy atom. The van der Waals surface area contributed by atoms with Crippen LogP contribution in [0.15, 0.2) is 0 Å². The van der Waals surface area contributed by atoms with Crippen molar-refractivity contribution in [3.05, 3.63) is 0 Å². The molecule has 0 aromatic carbocycles. The van der Waals surface area contributed by atoms with Crippen molar-refractivity contribution in [1.29, 1.82) is 0 Å². The summed E-state index contributed by atoms with van der Waals surface area (Å²) < 4.78 is 0. The second kappa shape index (κ2) is 7.88. The molecule has 1 saturated carbocycles. The molecule has 0 bridgehead atoms. The van der Waals surface area contributed by atoms with Gasteiger partial charge in [-0.3, -0.25) is 0 Å². The molecular formula is C13H26N2S. The molecule has 0 saturated heterocycles. The Kier molecular flexibility index (Phi) is 6.78. The van der Waals surface area contributed by atoms with Crippen molar-refractivity contribution < 1.29 is 0 Å². The lowest BCUT2D eigenvalue weighted by atomic mass is 9.84. The SMILES string of the molecule is CCCCNC(=S)NC1CCCC(CC)C1. The maximum Gasteiger partial charge on any atom is 0.166 e. The zero-order valence-electron chi connectivity index (χ0n) is 10.7. The molecule has 2 atom stereocenters. The second-order valence-corrected chi connectivity index (χ2v) is 5.30. The average molecular weight is 242 g/mol. The minimum absolute atomic E-state index is 0.611. The van der Waals surface area contributed by atoms with Crippen LogP contribution in [0.4, 0.5) is 0 Å². The zero-order valence-corrected chi connectivity index (χ0v) is 11.5. The number of thiocarbonyl (C=S) groups is 1. The Balaban J connectivity index is 2.17. The van der Waals surface area contributed by atoms with E-state index < -0.39 is 0 Å². The molecule has 94 valence electrons. The highest BCUT2D eigenvalue weighted by Crippen LogP contribution is 2.26. The van der Waals surface area contributed by atoms with Gasteiger partial charge in [0.2, 0.25) is 0 Å². The van der Waals surface area contributed by atoms with E-state index in [0.717, 1.165) is 17.6 Å². The van der Waals surface area contributed by atoms with Gasteiger partial charge in [0.05, 0.1) is 0 Å². The van der Waals surface area contributed by atoms with E-state index >= 15 is 0 Å². The molecule has 0 aromatic rings. The van der Waals surface area contributed by atoms with Crippen LogP contribution in [0, 0.1) is 5.92 Å². The van der Waals surface area contributed by atoms with Crippen LogP contribution in [0.1, 0.15) is 58.8 Å². The molecule has 2 nitrogen and oxygen atoms in total. The monoisotopic (exact) mass is 242 g/mol. The van der Waals surface area contributed by atoms with Crippen LogP contribution in [0.25, 0.3) is 0 Å². The Labute approximate surface area is 106 Å². The molecule has 2 N–H and O–H groups in total. The van der Waals surface area contributed by atoms with Crippen molar-refractivity contribution in [3.8, 4) is 0 Å². The van der Waals surface area contributed by atoms with Gasteiger partial charge in [-0.05, 0) is 37.4 Å². The standard InChI is InChI=1S/C13H26N2S/c1-3-5-9-14-13(16)15-12-8-6-7-11(4-2)10-12/h11-12H,3-10H2,1-2H3,(H2,14,15,16). The van der Waals surface area contributed by atoms with E-state index in [1.165, 1.54) is 44.9 Å². The largest absolute Gasteiger partial charge is 0.363 e. The van der Waals surface area contributed by atoms with Crippen LogP contribution >= 0.6 is 12.2 Å². The normalized spacial score (nSPS) is 25.1. The van der Waals surface area contributed by atoms with Gasteiger partial charge in [0.1, 0.15) is 0 Å². The molecule has 0 spiro atoms. The van der Waals surface area contributed by atoms with E-state index in [-0.39, 0.29) is 0 Å². The molecular weight excluding hydrogens is 216 g/mol.